The van der Waals surface area contributed by atoms with E-state index < -0.39 is 76.8 Å². The molecule has 2 fully saturated rings. The summed E-state index contributed by atoms with van der Waals surface area (Å²) in [5.41, 5.74) is -4.65. The van der Waals surface area contributed by atoms with Gasteiger partial charge in [0.25, 0.3) is 0 Å². The Morgan fingerprint density at radius 1 is 0.702 bits per heavy atom. The normalized spacial score (nSPS) is 20.6. The molecule has 314 valence electrons. The highest BCUT2D eigenvalue weighted by molar-refractivity contribution is 5.77. The second-order valence-corrected chi connectivity index (χ2v) is 15.4. The van der Waals surface area contributed by atoms with Gasteiger partial charge in [0.1, 0.15) is 17.7 Å². The molecule has 0 bridgehead atoms. The number of rotatable bonds is 7. The molecule has 1 saturated heterocycles. The Hall–Kier alpha value is -3.97. The fourth-order valence-corrected chi connectivity index (χ4v) is 8.45. The van der Waals surface area contributed by atoms with Gasteiger partial charge in [-0.15, -0.1) is 0 Å². The third kappa shape index (κ3) is 10.4. The molecule has 5 rings (SSSR count). The zero-order valence-corrected chi connectivity index (χ0v) is 32.3. The summed E-state index contributed by atoms with van der Waals surface area (Å²) in [6, 6.07) is 5.40. The van der Waals surface area contributed by atoms with Gasteiger partial charge in [0, 0.05) is 11.6 Å². The summed E-state index contributed by atoms with van der Waals surface area (Å²) in [6.07, 6.45) is -4.20. The second-order valence-electron chi connectivity index (χ2n) is 15.4. The van der Waals surface area contributed by atoms with Gasteiger partial charge >= 0.3 is 24.6 Å². The van der Waals surface area contributed by atoms with E-state index in [4.69, 9.17) is 9.47 Å². The zero-order chi connectivity index (χ0) is 41.8. The summed E-state index contributed by atoms with van der Waals surface area (Å²) in [5.74, 6) is -0.478. The van der Waals surface area contributed by atoms with Crippen molar-refractivity contribution in [3.05, 3.63) is 87.7 Å². The van der Waals surface area contributed by atoms with E-state index in [0.29, 0.717) is 37.0 Å². The predicted molar refractivity (Wildman–Crippen MR) is 196 cm³/mol. The maximum absolute atomic E-state index is 16.3. The van der Waals surface area contributed by atoms with Gasteiger partial charge in [-0.3, -0.25) is 4.90 Å². The summed E-state index contributed by atoms with van der Waals surface area (Å²) < 4.78 is 152. The predicted octanol–water partition coefficient (Wildman–Crippen LogP) is 14.4. The van der Waals surface area contributed by atoms with Crippen LogP contribution in [0.25, 0.3) is 11.1 Å². The van der Waals surface area contributed by atoms with Gasteiger partial charge in [0.05, 0.1) is 36.4 Å². The van der Waals surface area contributed by atoms with Gasteiger partial charge in [-0.05, 0) is 90.3 Å². The van der Waals surface area contributed by atoms with Crippen LogP contribution in [0.3, 0.4) is 0 Å². The van der Waals surface area contributed by atoms with E-state index in [2.05, 4.69) is 0 Å². The molecule has 4 nitrogen and oxygen atoms in total. The molecule has 2 atom stereocenters. The van der Waals surface area contributed by atoms with Crippen molar-refractivity contribution in [3.63, 3.8) is 0 Å². The van der Waals surface area contributed by atoms with Crippen LogP contribution in [0.5, 0.6) is 5.75 Å². The molecule has 2 aliphatic rings. The quantitative estimate of drug-likeness (QED) is 0.223. The average Bonchev–Trinajstić information content (AvgIpc) is 3.43. The van der Waals surface area contributed by atoms with E-state index in [1.807, 2.05) is 6.92 Å². The van der Waals surface area contributed by atoms with E-state index in [1.165, 1.54) is 45.4 Å². The number of amides is 1. The lowest BCUT2D eigenvalue weighted by Crippen LogP contribution is -2.32. The maximum atomic E-state index is 16.3. The second kappa shape index (κ2) is 17.9. The fourth-order valence-electron chi connectivity index (χ4n) is 8.45. The maximum Gasteiger partial charge on any atom is 0.416 e. The Labute approximate surface area is 326 Å². The van der Waals surface area contributed by atoms with Crippen molar-refractivity contribution in [2.24, 2.45) is 0 Å². The van der Waals surface area contributed by atoms with Crippen LogP contribution in [-0.4, -0.2) is 24.1 Å². The van der Waals surface area contributed by atoms with E-state index in [0.717, 1.165) is 68.4 Å². The summed E-state index contributed by atoms with van der Waals surface area (Å²) in [7, 11) is 1.30. The molecule has 3 aromatic rings. The third-order valence-corrected chi connectivity index (χ3v) is 11.7. The highest BCUT2D eigenvalue weighted by Gasteiger charge is 2.44. The Morgan fingerprint density at radius 2 is 1.21 bits per heavy atom. The number of nitrogens with zero attached hydrogens (tertiary/aromatic N) is 1. The zero-order valence-electron chi connectivity index (χ0n) is 32.3. The van der Waals surface area contributed by atoms with Crippen molar-refractivity contribution in [2.75, 3.05) is 7.11 Å². The van der Waals surface area contributed by atoms with Gasteiger partial charge in [-0.2, -0.15) is 39.5 Å². The number of halogens is 10. The molecule has 1 saturated carbocycles. The fraction of sp³-hybridized carbons (Fsp3) is 0.558. The SMILES string of the molecule is CCC1(c2cc(-c3ccc(C(F)(F)F)cc3CN3C(=O)O[C@H](c4cc(C(F)(F)F)cc(C(F)(F)F)c4)[C@@H]3C)c(OC)cc2F)CCCCCCCCCCCCC1. The van der Waals surface area contributed by atoms with Crippen molar-refractivity contribution in [1.29, 1.82) is 0 Å². The Kier molecular flexibility index (Phi) is 13.9. The van der Waals surface area contributed by atoms with Crippen LogP contribution < -0.4 is 4.74 Å². The molecule has 1 amide bonds. The van der Waals surface area contributed by atoms with Crippen molar-refractivity contribution in [1.82, 2.24) is 4.90 Å². The smallest absolute Gasteiger partial charge is 0.416 e. The van der Waals surface area contributed by atoms with Gasteiger partial charge in [0.2, 0.25) is 0 Å². The molecular weight excluding hydrogens is 768 g/mol. The van der Waals surface area contributed by atoms with Crippen LogP contribution in [-0.2, 0) is 35.2 Å². The molecule has 0 radical (unpaired) electrons. The average molecular weight is 818 g/mol. The monoisotopic (exact) mass is 817 g/mol. The number of carbonyl (C=O) groups is 1. The number of cyclic esters (lactones) is 1. The van der Waals surface area contributed by atoms with Crippen LogP contribution in [0.15, 0.2) is 48.5 Å². The molecule has 14 heteroatoms. The van der Waals surface area contributed by atoms with Gasteiger partial charge in [-0.1, -0.05) is 83.6 Å². The Balaban J connectivity index is 1.58. The van der Waals surface area contributed by atoms with Crippen molar-refractivity contribution < 1.29 is 58.2 Å². The molecule has 0 aromatic heterocycles. The summed E-state index contributed by atoms with van der Waals surface area (Å²) in [6.45, 7) is 2.76. The number of ether oxygens (including phenoxy) is 2. The van der Waals surface area contributed by atoms with Crippen LogP contribution in [0.4, 0.5) is 48.7 Å². The van der Waals surface area contributed by atoms with Crippen LogP contribution in [0, 0.1) is 5.82 Å². The first-order valence-corrected chi connectivity index (χ1v) is 19.6. The molecule has 1 heterocycles. The molecule has 0 unspecified atom stereocenters. The van der Waals surface area contributed by atoms with E-state index >= 15 is 4.39 Å². The minimum Gasteiger partial charge on any atom is -0.496 e. The van der Waals surface area contributed by atoms with Gasteiger partial charge in [0.15, 0.2) is 0 Å². The molecule has 0 spiro atoms. The Bertz CT molecular complexity index is 1810. The van der Waals surface area contributed by atoms with E-state index in [9.17, 15) is 44.3 Å². The number of carbonyl (C=O) groups excluding carboxylic acids is 1. The topological polar surface area (TPSA) is 38.8 Å². The van der Waals surface area contributed by atoms with Crippen molar-refractivity contribution in [2.45, 2.75) is 146 Å². The summed E-state index contributed by atoms with van der Waals surface area (Å²) >= 11 is 0. The van der Waals surface area contributed by atoms with Crippen LogP contribution >= 0.6 is 0 Å². The van der Waals surface area contributed by atoms with Crippen molar-refractivity contribution in [3.8, 4) is 16.9 Å². The lowest BCUT2D eigenvalue weighted by atomic mass is 9.69. The highest BCUT2D eigenvalue weighted by Crippen LogP contribution is 2.47. The number of methoxy groups -OCH3 is 1. The van der Waals surface area contributed by atoms with Crippen LogP contribution in [0.2, 0.25) is 0 Å². The number of benzene rings is 3. The van der Waals surface area contributed by atoms with Crippen LogP contribution in [0.1, 0.15) is 143 Å². The highest BCUT2D eigenvalue weighted by atomic mass is 19.4. The molecule has 1 aliphatic carbocycles. The molecule has 57 heavy (non-hydrogen) atoms. The largest absolute Gasteiger partial charge is 0.496 e. The lowest BCUT2D eigenvalue weighted by Gasteiger charge is -2.35. The Morgan fingerprint density at radius 3 is 1.68 bits per heavy atom. The first kappa shape index (κ1) is 44.1. The number of alkyl halides is 9. The minimum absolute atomic E-state index is 0.0305. The number of hydrogen-bond donors (Lipinski definition) is 0. The first-order valence-electron chi connectivity index (χ1n) is 19.6. The molecule has 3 aromatic carbocycles. The lowest BCUT2D eigenvalue weighted by molar-refractivity contribution is -0.143. The first-order chi connectivity index (χ1) is 26.8. The van der Waals surface area contributed by atoms with E-state index in [1.54, 1.807) is 6.07 Å². The minimum atomic E-state index is -5.16. The molecule has 0 N–H and O–H groups in total. The van der Waals surface area contributed by atoms with E-state index in [-0.39, 0.29) is 28.5 Å². The van der Waals surface area contributed by atoms with Crippen molar-refractivity contribution >= 4 is 6.09 Å². The number of hydrogen-bond acceptors (Lipinski definition) is 3. The third-order valence-electron chi connectivity index (χ3n) is 11.7. The molecular formula is C43H49F10NO3. The van der Waals surface area contributed by atoms with Gasteiger partial charge in [-0.25, -0.2) is 9.18 Å². The van der Waals surface area contributed by atoms with Gasteiger partial charge < -0.3 is 9.47 Å². The summed E-state index contributed by atoms with van der Waals surface area (Å²) in [5, 5.41) is 0. The summed E-state index contributed by atoms with van der Waals surface area (Å²) in [4.78, 5) is 14.3. The standard InChI is InChI=1S/C43H49F10NO3/c1-4-40(18-14-12-10-8-6-5-7-9-11-13-15-19-40)35-24-34(37(56-3)25-36(35)44)33-17-16-30(41(45,46)47)22-29(33)26-54-27(2)38(57-39(54)55)28-20-31(42(48,49)50)23-32(21-28)43(51,52)53/h16-17,20-25,27,38H,4-15,18-19,26H2,1-3H3/t27-,38-/m0/s1. The molecule has 1 aliphatic heterocycles.